The Hall–Kier alpha value is -2.36. The molecule has 0 aliphatic carbocycles. The van der Waals surface area contributed by atoms with Gasteiger partial charge < -0.3 is 9.15 Å². The molecule has 0 saturated carbocycles. The van der Waals surface area contributed by atoms with Crippen molar-refractivity contribution in [2.45, 2.75) is 19.8 Å². The number of oxazole rings is 1. The normalized spacial score (nSPS) is 10.8. The van der Waals surface area contributed by atoms with E-state index in [1.807, 2.05) is 49.4 Å². The van der Waals surface area contributed by atoms with Crippen molar-refractivity contribution < 1.29 is 9.15 Å². The van der Waals surface area contributed by atoms with Crippen LogP contribution in [0.15, 0.2) is 46.9 Å². The molecule has 1 aromatic carbocycles. The third-order valence-electron chi connectivity index (χ3n) is 2.99. The van der Waals surface area contributed by atoms with E-state index in [2.05, 4.69) is 9.97 Å². The van der Waals surface area contributed by atoms with Gasteiger partial charge in [-0.25, -0.2) is 9.97 Å². The number of pyridine rings is 1. The number of para-hydroxylation sites is 1. The molecule has 0 saturated heterocycles. The van der Waals surface area contributed by atoms with Crippen LogP contribution < -0.4 is 4.74 Å². The summed E-state index contributed by atoms with van der Waals surface area (Å²) >= 11 is 0. The lowest BCUT2D eigenvalue weighted by molar-refractivity contribution is 0.305. The number of aromatic nitrogens is 2. The number of ether oxygens (including phenoxy) is 1. The highest BCUT2D eigenvalue weighted by atomic mass is 16.5. The summed E-state index contributed by atoms with van der Waals surface area (Å²) in [5.41, 5.74) is 2.37. The van der Waals surface area contributed by atoms with Crippen molar-refractivity contribution in [2.24, 2.45) is 0 Å². The fraction of sp³-hybridized carbons (Fsp3) is 0.250. The first-order chi connectivity index (χ1) is 9.81. The summed E-state index contributed by atoms with van der Waals surface area (Å²) in [6.07, 6.45) is 1.61. The molecule has 0 fully saturated rings. The van der Waals surface area contributed by atoms with Gasteiger partial charge in [-0.3, -0.25) is 0 Å². The van der Waals surface area contributed by atoms with E-state index < -0.39 is 0 Å². The first-order valence-electron chi connectivity index (χ1n) is 6.72. The third-order valence-corrected chi connectivity index (χ3v) is 2.99. The lowest BCUT2D eigenvalue weighted by Crippen LogP contribution is -1.99. The van der Waals surface area contributed by atoms with Crippen LogP contribution >= 0.6 is 0 Å². The first-order valence-corrected chi connectivity index (χ1v) is 6.72. The number of hydrogen-bond donors (Lipinski definition) is 0. The van der Waals surface area contributed by atoms with E-state index in [0.29, 0.717) is 12.3 Å². The summed E-state index contributed by atoms with van der Waals surface area (Å²) in [7, 11) is 0. The second-order valence-electron chi connectivity index (χ2n) is 4.65. The van der Waals surface area contributed by atoms with E-state index in [1.165, 1.54) is 0 Å². The summed E-state index contributed by atoms with van der Waals surface area (Å²) in [5.74, 6) is 1.61. The van der Waals surface area contributed by atoms with Crippen molar-refractivity contribution >= 4 is 11.2 Å². The maximum absolute atomic E-state index is 5.64. The summed E-state index contributed by atoms with van der Waals surface area (Å²) in [6, 6.07) is 13.7. The van der Waals surface area contributed by atoms with Gasteiger partial charge in [0.2, 0.25) is 5.71 Å². The minimum atomic E-state index is 0.615. The highest BCUT2D eigenvalue weighted by Crippen LogP contribution is 2.15. The maximum Gasteiger partial charge on any atom is 0.247 e. The second-order valence-corrected chi connectivity index (χ2v) is 4.65. The Morgan fingerprint density at radius 1 is 1.05 bits per heavy atom. The molecule has 0 amide bonds. The highest BCUT2D eigenvalue weighted by Gasteiger charge is 2.06. The molecule has 4 nitrogen and oxygen atoms in total. The molecule has 0 spiro atoms. The zero-order chi connectivity index (χ0) is 13.8. The number of fused-ring (bicyclic) bond motifs is 1. The van der Waals surface area contributed by atoms with E-state index in [4.69, 9.17) is 9.15 Å². The molecule has 0 radical (unpaired) electrons. The Labute approximate surface area is 117 Å². The molecule has 2 heterocycles. The largest absolute Gasteiger partial charge is 0.494 e. The summed E-state index contributed by atoms with van der Waals surface area (Å²) in [5, 5.41) is 0. The fourth-order valence-electron chi connectivity index (χ4n) is 1.99. The Morgan fingerprint density at radius 3 is 2.75 bits per heavy atom. The van der Waals surface area contributed by atoms with Crippen LogP contribution in [0, 0.1) is 6.92 Å². The Balaban J connectivity index is 1.55. The number of benzene rings is 1. The first kappa shape index (κ1) is 12.7. The van der Waals surface area contributed by atoms with Gasteiger partial charge in [-0.1, -0.05) is 18.2 Å². The van der Waals surface area contributed by atoms with Crippen LogP contribution in [0.2, 0.25) is 0 Å². The van der Waals surface area contributed by atoms with Crippen LogP contribution in [0.5, 0.6) is 5.75 Å². The molecule has 0 N–H and O–H groups in total. The average molecular weight is 268 g/mol. The fourth-order valence-corrected chi connectivity index (χ4v) is 1.99. The van der Waals surface area contributed by atoms with Gasteiger partial charge in [0.1, 0.15) is 11.3 Å². The highest BCUT2D eigenvalue weighted by molar-refractivity contribution is 5.67. The average Bonchev–Trinajstić information content (AvgIpc) is 2.86. The molecular weight excluding hydrogens is 252 g/mol. The molecule has 3 rings (SSSR count). The number of hydrogen-bond acceptors (Lipinski definition) is 4. The van der Waals surface area contributed by atoms with Gasteiger partial charge in [-0.05, 0) is 37.6 Å². The Kier molecular flexibility index (Phi) is 3.63. The van der Waals surface area contributed by atoms with E-state index in [9.17, 15) is 0 Å². The smallest absolute Gasteiger partial charge is 0.247 e. The van der Waals surface area contributed by atoms with Gasteiger partial charge >= 0.3 is 0 Å². The molecule has 0 unspecified atom stereocenters. The van der Waals surface area contributed by atoms with Gasteiger partial charge in [0.05, 0.1) is 6.61 Å². The number of aryl methyl sites for hydroxylation is 2. The number of nitrogens with zero attached hydrogens (tertiary/aromatic N) is 2. The van der Waals surface area contributed by atoms with E-state index in [-0.39, 0.29) is 0 Å². The number of rotatable bonds is 5. The molecule has 0 aliphatic heterocycles. The zero-order valence-electron chi connectivity index (χ0n) is 11.4. The molecule has 20 heavy (non-hydrogen) atoms. The molecule has 0 aliphatic rings. The molecule has 2 aromatic heterocycles. The monoisotopic (exact) mass is 268 g/mol. The molecule has 0 bridgehead atoms. The van der Waals surface area contributed by atoms with Gasteiger partial charge in [0.25, 0.3) is 0 Å². The van der Waals surface area contributed by atoms with Crippen molar-refractivity contribution in [1.82, 2.24) is 9.97 Å². The molecule has 0 atom stereocenters. The van der Waals surface area contributed by atoms with Gasteiger partial charge in [-0.2, -0.15) is 0 Å². The lowest BCUT2D eigenvalue weighted by Gasteiger charge is -2.03. The standard InChI is InChI=1S/C16H16N2O2/c1-12-9-10-14-16(17-12)20-15(18-14)8-5-11-19-13-6-3-2-4-7-13/h2-4,6-7,9-10H,5,8,11H2,1H3. The lowest BCUT2D eigenvalue weighted by atomic mass is 10.3. The van der Waals surface area contributed by atoms with Crippen molar-refractivity contribution in [3.63, 3.8) is 0 Å². The van der Waals surface area contributed by atoms with Crippen molar-refractivity contribution in [2.75, 3.05) is 6.61 Å². The van der Waals surface area contributed by atoms with Gasteiger partial charge in [0, 0.05) is 12.1 Å². The Bertz CT molecular complexity index is 692. The molecule has 3 aromatic rings. The van der Waals surface area contributed by atoms with E-state index in [1.54, 1.807) is 0 Å². The summed E-state index contributed by atoms with van der Waals surface area (Å²) < 4.78 is 11.3. The van der Waals surface area contributed by atoms with Crippen LogP contribution in [-0.2, 0) is 6.42 Å². The van der Waals surface area contributed by atoms with Crippen molar-refractivity contribution in [3.8, 4) is 5.75 Å². The minimum Gasteiger partial charge on any atom is -0.494 e. The summed E-state index contributed by atoms with van der Waals surface area (Å²) in [4.78, 5) is 8.73. The maximum atomic E-state index is 5.64. The van der Waals surface area contributed by atoms with Gasteiger partial charge in [-0.15, -0.1) is 0 Å². The van der Waals surface area contributed by atoms with Crippen molar-refractivity contribution in [3.05, 3.63) is 54.0 Å². The SMILES string of the molecule is Cc1ccc2nc(CCCOc3ccccc3)oc2n1. The molecule has 102 valence electrons. The topological polar surface area (TPSA) is 48.2 Å². The van der Waals surface area contributed by atoms with Crippen LogP contribution in [0.1, 0.15) is 18.0 Å². The molecule has 4 heteroatoms. The van der Waals surface area contributed by atoms with Crippen molar-refractivity contribution in [1.29, 1.82) is 0 Å². The van der Waals surface area contributed by atoms with Crippen LogP contribution in [0.4, 0.5) is 0 Å². The second kappa shape index (κ2) is 5.74. The minimum absolute atomic E-state index is 0.615. The van der Waals surface area contributed by atoms with Crippen LogP contribution in [0.25, 0.3) is 11.2 Å². The third kappa shape index (κ3) is 2.96. The van der Waals surface area contributed by atoms with E-state index >= 15 is 0 Å². The van der Waals surface area contributed by atoms with E-state index in [0.717, 1.165) is 35.7 Å². The predicted octanol–water partition coefficient (Wildman–Crippen LogP) is 3.54. The van der Waals surface area contributed by atoms with Gasteiger partial charge in [0.15, 0.2) is 5.89 Å². The predicted molar refractivity (Wildman–Crippen MR) is 76.8 cm³/mol. The Morgan fingerprint density at radius 2 is 1.90 bits per heavy atom. The zero-order valence-corrected chi connectivity index (χ0v) is 11.4. The van der Waals surface area contributed by atoms with Crippen LogP contribution in [-0.4, -0.2) is 16.6 Å². The molecular formula is C16H16N2O2. The summed E-state index contributed by atoms with van der Waals surface area (Å²) in [6.45, 7) is 2.59. The quantitative estimate of drug-likeness (QED) is 0.664. The van der Waals surface area contributed by atoms with Crippen LogP contribution in [0.3, 0.4) is 0 Å².